The van der Waals surface area contributed by atoms with E-state index in [1.807, 2.05) is 0 Å². The summed E-state index contributed by atoms with van der Waals surface area (Å²) in [6.45, 7) is 2.92. The summed E-state index contributed by atoms with van der Waals surface area (Å²) in [6, 6.07) is 0. The van der Waals surface area contributed by atoms with Crippen molar-refractivity contribution in [3.05, 3.63) is 0 Å². The fraction of sp³-hybridized carbons (Fsp3) is 1.00. The summed E-state index contributed by atoms with van der Waals surface area (Å²) in [4.78, 5) is 0. The van der Waals surface area contributed by atoms with Crippen molar-refractivity contribution in [3.8, 4) is 0 Å². The molecule has 1 heterocycles. The third-order valence-electron chi connectivity index (χ3n) is 0.839. The van der Waals surface area contributed by atoms with Crippen LogP contribution in [0.3, 0.4) is 0 Å². The van der Waals surface area contributed by atoms with Crippen molar-refractivity contribution < 1.29 is 0 Å². The molecular weight excluding hydrogens is 127 g/mol. The van der Waals surface area contributed by atoms with E-state index in [1.54, 1.807) is 0 Å². The normalized spacial score (nSPS) is 29.9. The minimum absolute atomic E-state index is 0.221. The molecule has 1 fully saturated rings. The molecule has 0 aromatic rings. The molecule has 2 nitrogen and oxygen atoms in total. The molecule has 1 aliphatic rings. The average Bonchev–Trinajstić information content (AvgIpc) is 2.44. The molecule has 0 aromatic carbocycles. The minimum atomic E-state index is -0.221. The van der Waals surface area contributed by atoms with E-state index in [1.165, 1.54) is 0 Å². The van der Waals surface area contributed by atoms with Crippen LogP contribution in [0.15, 0.2) is 0 Å². The average molecular weight is 135 g/mol. The van der Waals surface area contributed by atoms with Gasteiger partial charge in [0.25, 0.3) is 6.85 Å². The van der Waals surface area contributed by atoms with Crippen molar-refractivity contribution in [1.82, 2.24) is 10.2 Å². The molecule has 0 aromatic heterocycles. The van der Waals surface area contributed by atoms with Crippen LogP contribution in [-0.2, 0) is 11.8 Å². The van der Waals surface area contributed by atoms with Gasteiger partial charge < -0.3 is 0 Å². The second-order valence-electron chi connectivity index (χ2n) is 1.38. The van der Waals surface area contributed by atoms with Crippen molar-refractivity contribution in [1.29, 1.82) is 0 Å². The Labute approximate surface area is 49.3 Å². The lowest BCUT2D eigenvalue weighted by Crippen LogP contribution is -1.85. The molecule has 7 heavy (non-hydrogen) atoms. The second-order valence-corrected chi connectivity index (χ2v) is 4.47. The SMILES string of the molecule is CC[P+](=S)N1CN1. The Morgan fingerprint density at radius 2 is 2.57 bits per heavy atom. The molecule has 1 rings (SSSR count). The molecule has 2 atom stereocenters. The van der Waals surface area contributed by atoms with Gasteiger partial charge in [-0.05, 0) is 11.7 Å². The van der Waals surface area contributed by atoms with Gasteiger partial charge in [-0.25, -0.2) is 0 Å². The molecule has 0 radical (unpaired) electrons. The number of nitrogens with one attached hydrogen (secondary N) is 1. The molecule has 0 bridgehead atoms. The Balaban J connectivity index is 2.24. The van der Waals surface area contributed by atoms with Crippen molar-refractivity contribution in [2.45, 2.75) is 6.92 Å². The first-order chi connectivity index (χ1) is 3.34. The van der Waals surface area contributed by atoms with Crippen molar-refractivity contribution in [2.24, 2.45) is 0 Å². The molecule has 1 saturated heterocycles. The Kier molecular flexibility index (Phi) is 1.70. The first-order valence-electron chi connectivity index (χ1n) is 2.30. The molecule has 0 saturated carbocycles. The van der Waals surface area contributed by atoms with Crippen LogP contribution in [0.4, 0.5) is 0 Å². The number of hydrogen-bond donors (Lipinski definition) is 1. The summed E-state index contributed by atoms with van der Waals surface area (Å²) in [5.74, 6) is 0. The van der Waals surface area contributed by atoms with Gasteiger partial charge in [0.2, 0.25) is 0 Å². The minimum Gasteiger partial charge on any atom is -0.195 e. The van der Waals surface area contributed by atoms with Gasteiger partial charge in [0.05, 0.1) is 0 Å². The van der Waals surface area contributed by atoms with Gasteiger partial charge in [-0.15, -0.1) is 0 Å². The molecule has 40 valence electrons. The maximum absolute atomic E-state index is 5.05. The highest BCUT2D eigenvalue weighted by Gasteiger charge is 2.30. The Morgan fingerprint density at radius 3 is 2.71 bits per heavy atom. The van der Waals surface area contributed by atoms with Gasteiger partial charge >= 0.3 is 0 Å². The molecule has 0 amide bonds. The highest BCUT2D eigenvalue weighted by Crippen LogP contribution is 2.28. The molecule has 4 heteroatoms. The quantitative estimate of drug-likeness (QED) is 0.444. The van der Waals surface area contributed by atoms with Gasteiger partial charge in [-0.2, -0.15) is 5.43 Å². The van der Waals surface area contributed by atoms with Crippen LogP contribution in [0.25, 0.3) is 0 Å². The molecule has 1 aliphatic heterocycles. The van der Waals surface area contributed by atoms with Crippen LogP contribution in [0, 0.1) is 0 Å². The molecule has 2 unspecified atom stereocenters. The summed E-state index contributed by atoms with van der Waals surface area (Å²) < 4.78 is 2.10. The van der Waals surface area contributed by atoms with Crippen molar-refractivity contribution >= 4 is 18.7 Å². The van der Waals surface area contributed by atoms with Crippen LogP contribution in [-0.4, -0.2) is 17.6 Å². The Bertz CT molecular complexity index is 90.9. The smallest absolute Gasteiger partial charge is 0.195 e. The molecular formula is C3H8N2PS+. The topological polar surface area (TPSA) is 25.0 Å². The van der Waals surface area contributed by atoms with Gasteiger partial charge in [-0.3, -0.25) is 0 Å². The van der Waals surface area contributed by atoms with E-state index >= 15 is 0 Å². The lowest BCUT2D eigenvalue weighted by Gasteiger charge is -1.76. The molecule has 1 N–H and O–H groups in total. The van der Waals surface area contributed by atoms with E-state index in [2.05, 4.69) is 17.1 Å². The van der Waals surface area contributed by atoms with Gasteiger partial charge in [0, 0.05) is 0 Å². The summed E-state index contributed by atoms with van der Waals surface area (Å²) >= 11 is 5.05. The predicted molar refractivity (Wildman–Crippen MR) is 34.7 cm³/mol. The lowest BCUT2D eigenvalue weighted by molar-refractivity contribution is 0.843. The van der Waals surface area contributed by atoms with Crippen molar-refractivity contribution in [2.75, 3.05) is 12.8 Å². The third-order valence-corrected chi connectivity index (χ3v) is 3.57. The van der Waals surface area contributed by atoms with Crippen LogP contribution < -0.4 is 5.43 Å². The maximum Gasteiger partial charge on any atom is 0.282 e. The Hall–Kier alpha value is 0.440. The number of hydrogen-bond acceptors (Lipinski definition) is 2. The Morgan fingerprint density at radius 1 is 2.00 bits per heavy atom. The standard InChI is InChI=1S/C3H8N2PS/c1-2-6(7)5-3-4-5/h4H,2-3H2,1H3/q+1. The third kappa shape index (κ3) is 1.42. The van der Waals surface area contributed by atoms with E-state index in [0.717, 1.165) is 12.8 Å². The zero-order valence-electron chi connectivity index (χ0n) is 4.22. The zero-order chi connectivity index (χ0) is 5.28. The first-order valence-corrected chi connectivity index (χ1v) is 4.79. The van der Waals surface area contributed by atoms with E-state index in [-0.39, 0.29) is 6.85 Å². The monoisotopic (exact) mass is 135 g/mol. The number of hydrazine groups is 1. The second kappa shape index (κ2) is 2.14. The van der Waals surface area contributed by atoms with Crippen LogP contribution in [0.1, 0.15) is 6.92 Å². The van der Waals surface area contributed by atoms with Gasteiger partial charge in [0.1, 0.15) is 12.8 Å². The summed E-state index contributed by atoms with van der Waals surface area (Å²) in [5.41, 5.74) is 3.04. The lowest BCUT2D eigenvalue weighted by atomic mass is 11.0. The first kappa shape index (κ1) is 5.57. The van der Waals surface area contributed by atoms with Gasteiger partial charge in [-0.1, -0.05) is 0 Å². The van der Waals surface area contributed by atoms with Gasteiger partial charge in [0.15, 0.2) is 11.8 Å². The van der Waals surface area contributed by atoms with Crippen LogP contribution in [0.5, 0.6) is 0 Å². The largest absolute Gasteiger partial charge is 0.282 e. The zero-order valence-corrected chi connectivity index (χ0v) is 5.93. The molecule has 0 spiro atoms. The fourth-order valence-corrected chi connectivity index (χ4v) is 1.43. The summed E-state index contributed by atoms with van der Waals surface area (Å²) in [7, 11) is 0. The highest BCUT2D eigenvalue weighted by molar-refractivity contribution is 8.04. The van der Waals surface area contributed by atoms with Crippen LogP contribution >= 0.6 is 6.85 Å². The van der Waals surface area contributed by atoms with E-state index in [0.29, 0.717) is 0 Å². The van der Waals surface area contributed by atoms with Crippen molar-refractivity contribution in [3.63, 3.8) is 0 Å². The van der Waals surface area contributed by atoms with E-state index in [9.17, 15) is 0 Å². The fourth-order valence-electron chi connectivity index (χ4n) is 0.360. The van der Waals surface area contributed by atoms with E-state index in [4.69, 9.17) is 11.8 Å². The summed E-state index contributed by atoms with van der Waals surface area (Å²) in [6.07, 6.45) is 1.12. The maximum atomic E-state index is 5.05. The highest BCUT2D eigenvalue weighted by atomic mass is 32.4. The van der Waals surface area contributed by atoms with E-state index < -0.39 is 0 Å². The van der Waals surface area contributed by atoms with Crippen LogP contribution in [0.2, 0.25) is 0 Å². The predicted octanol–water partition coefficient (Wildman–Crippen LogP) is 0.643. The number of nitrogens with zero attached hydrogens (tertiary/aromatic N) is 1. The number of rotatable bonds is 2. The molecule has 0 aliphatic carbocycles. The summed E-state index contributed by atoms with van der Waals surface area (Å²) in [5, 5.41) is 0.